The molecule has 0 bridgehead atoms. The van der Waals surface area contributed by atoms with Crippen molar-refractivity contribution in [2.75, 3.05) is 43.9 Å². The van der Waals surface area contributed by atoms with Gasteiger partial charge in [0.1, 0.15) is 40.5 Å². The van der Waals surface area contributed by atoms with Crippen LogP contribution in [-0.4, -0.2) is 85.9 Å². The van der Waals surface area contributed by atoms with Crippen molar-refractivity contribution in [3.8, 4) is 17.0 Å². The van der Waals surface area contributed by atoms with Crippen LogP contribution in [0.5, 0.6) is 5.75 Å². The maximum atomic E-state index is 13.2. The van der Waals surface area contributed by atoms with E-state index in [1.807, 2.05) is 4.90 Å². The zero-order valence-electron chi connectivity index (χ0n) is 24.8. The number of carbonyl (C=O) groups excluding carboxylic acids is 2. The fourth-order valence-corrected chi connectivity index (χ4v) is 6.13. The molecule has 7 rings (SSSR count). The Morgan fingerprint density at radius 3 is 2.72 bits per heavy atom. The third-order valence-corrected chi connectivity index (χ3v) is 8.49. The SMILES string of the molecule is CCOc1cc(C(=O)Nc2cc(C(F)(F)F)ccn2)ccc1-c1nc([C@H]2CN3C(=O)CN(C4CC4)C[C@@H]3CO2)n2ccnc(N)c12. The molecule has 3 N–H and O–H groups in total. The van der Waals surface area contributed by atoms with Gasteiger partial charge in [-0.15, -0.1) is 0 Å². The normalized spacial score (nSPS) is 20.5. The number of anilines is 2. The molecule has 2 saturated heterocycles. The molecular weight excluding hydrogens is 605 g/mol. The summed E-state index contributed by atoms with van der Waals surface area (Å²) in [5, 5.41) is 2.42. The quantitative estimate of drug-likeness (QED) is 0.310. The number of carbonyl (C=O) groups is 2. The summed E-state index contributed by atoms with van der Waals surface area (Å²) in [6.07, 6.45) is 1.41. The van der Waals surface area contributed by atoms with Gasteiger partial charge in [-0.3, -0.25) is 18.9 Å². The van der Waals surface area contributed by atoms with E-state index in [9.17, 15) is 22.8 Å². The van der Waals surface area contributed by atoms with Gasteiger partial charge in [0.15, 0.2) is 0 Å². The summed E-state index contributed by atoms with van der Waals surface area (Å²) in [6, 6.07) is 6.69. The van der Waals surface area contributed by atoms with Gasteiger partial charge in [0.25, 0.3) is 5.91 Å². The molecule has 1 aliphatic carbocycles. The number of piperazine rings is 1. The highest BCUT2D eigenvalue weighted by molar-refractivity contribution is 6.04. The lowest BCUT2D eigenvalue weighted by molar-refractivity contribution is -0.156. The Balaban J connectivity index is 1.20. The third-order valence-electron chi connectivity index (χ3n) is 8.49. The van der Waals surface area contributed by atoms with Crippen LogP contribution in [-0.2, 0) is 15.7 Å². The van der Waals surface area contributed by atoms with Crippen LogP contribution in [0.2, 0.25) is 0 Å². The van der Waals surface area contributed by atoms with Crippen LogP contribution in [0.4, 0.5) is 24.8 Å². The maximum absolute atomic E-state index is 13.2. The first-order chi connectivity index (χ1) is 22.1. The van der Waals surface area contributed by atoms with Crippen molar-refractivity contribution in [3.63, 3.8) is 0 Å². The number of hydrogen-bond acceptors (Lipinski definition) is 9. The summed E-state index contributed by atoms with van der Waals surface area (Å²) < 4.78 is 53.5. The number of morpholine rings is 1. The van der Waals surface area contributed by atoms with Gasteiger partial charge in [0.2, 0.25) is 5.91 Å². The first-order valence-electron chi connectivity index (χ1n) is 15.0. The van der Waals surface area contributed by atoms with Crippen molar-refractivity contribution in [2.24, 2.45) is 0 Å². The predicted molar refractivity (Wildman–Crippen MR) is 160 cm³/mol. The summed E-state index contributed by atoms with van der Waals surface area (Å²) in [7, 11) is 0. The van der Waals surface area contributed by atoms with Gasteiger partial charge < -0.3 is 25.4 Å². The Morgan fingerprint density at radius 1 is 1.13 bits per heavy atom. The molecule has 0 radical (unpaired) electrons. The molecule has 1 aromatic carbocycles. The number of amides is 2. The molecule has 4 aromatic rings. The van der Waals surface area contributed by atoms with Gasteiger partial charge in [-0.2, -0.15) is 13.2 Å². The highest BCUT2D eigenvalue weighted by atomic mass is 19.4. The number of aromatic nitrogens is 4. The molecule has 240 valence electrons. The van der Waals surface area contributed by atoms with E-state index < -0.39 is 23.8 Å². The summed E-state index contributed by atoms with van der Waals surface area (Å²) >= 11 is 0. The Kier molecular flexibility index (Phi) is 7.51. The second-order valence-electron chi connectivity index (χ2n) is 11.6. The molecule has 3 fully saturated rings. The van der Waals surface area contributed by atoms with Crippen LogP contribution in [0.3, 0.4) is 0 Å². The molecule has 0 spiro atoms. The van der Waals surface area contributed by atoms with E-state index in [1.54, 1.807) is 29.8 Å². The average molecular weight is 637 g/mol. The number of nitrogens with two attached hydrogens (primary N) is 1. The van der Waals surface area contributed by atoms with E-state index in [4.69, 9.17) is 20.2 Å². The molecule has 3 aromatic heterocycles. The molecule has 2 amide bonds. The topological polar surface area (TPSA) is 140 Å². The predicted octanol–water partition coefficient (Wildman–Crippen LogP) is 3.79. The van der Waals surface area contributed by atoms with Gasteiger partial charge in [-0.1, -0.05) is 0 Å². The van der Waals surface area contributed by atoms with Crippen LogP contribution < -0.4 is 15.8 Å². The number of hydrogen-bond donors (Lipinski definition) is 2. The zero-order valence-corrected chi connectivity index (χ0v) is 24.8. The van der Waals surface area contributed by atoms with Crippen LogP contribution in [0.15, 0.2) is 48.9 Å². The molecule has 3 aliphatic rings. The standard InChI is InChI=1S/C31H31F3N8O4/c1-2-45-22-11-17(30(44)38-24-12-18(7-8-36-24)31(32,33)34)3-6-21(22)26-27-28(35)37-9-10-41(27)29(39-26)23-14-42-20(16-46-23)13-40(15-25(42)43)19-4-5-19/h3,6-12,19-20,23H,2,4-5,13-16H2,1H3,(H2,35,37)(H,36,38,44)/t20-,23-/m1/s1. The van der Waals surface area contributed by atoms with Crippen LogP contribution in [0.25, 0.3) is 16.8 Å². The Morgan fingerprint density at radius 2 is 1.96 bits per heavy atom. The maximum Gasteiger partial charge on any atom is 0.416 e. The van der Waals surface area contributed by atoms with Crippen molar-refractivity contribution in [3.05, 3.63) is 65.9 Å². The van der Waals surface area contributed by atoms with E-state index >= 15 is 0 Å². The summed E-state index contributed by atoms with van der Waals surface area (Å²) in [6.45, 7) is 3.93. The van der Waals surface area contributed by atoms with Crippen LogP contribution in [0.1, 0.15) is 47.6 Å². The molecule has 5 heterocycles. The van der Waals surface area contributed by atoms with Gasteiger partial charge in [0, 0.05) is 42.3 Å². The van der Waals surface area contributed by atoms with Crippen LogP contribution in [0, 0.1) is 0 Å². The van der Waals surface area contributed by atoms with Crippen molar-refractivity contribution in [2.45, 2.75) is 44.1 Å². The monoisotopic (exact) mass is 636 g/mol. The Bertz CT molecular complexity index is 1830. The highest BCUT2D eigenvalue weighted by Crippen LogP contribution is 2.39. The minimum absolute atomic E-state index is 0.0232. The summed E-state index contributed by atoms with van der Waals surface area (Å²) in [5.74, 6) is 0.207. The number of imidazole rings is 1. The molecular formula is C31H31F3N8O4. The smallest absolute Gasteiger partial charge is 0.416 e. The van der Waals surface area contributed by atoms with Gasteiger partial charge >= 0.3 is 6.18 Å². The zero-order chi connectivity index (χ0) is 32.2. The second kappa shape index (κ2) is 11.6. The number of pyridine rings is 1. The number of ether oxygens (including phenoxy) is 2. The van der Waals surface area contributed by atoms with Crippen LogP contribution >= 0.6 is 0 Å². The fraction of sp³-hybridized carbons (Fsp3) is 0.387. The number of nitrogens with zero attached hydrogens (tertiary/aromatic N) is 6. The number of fused-ring (bicyclic) bond motifs is 2. The molecule has 12 nitrogen and oxygen atoms in total. The average Bonchev–Trinajstić information content (AvgIpc) is 3.81. The van der Waals surface area contributed by atoms with Crippen molar-refractivity contribution >= 4 is 29.0 Å². The van der Waals surface area contributed by atoms with E-state index in [1.165, 1.54) is 12.1 Å². The number of rotatable bonds is 7. The van der Waals surface area contributed by atoms with Crippen molar-refractivity contribution in [1.29, 1.82) is 0 Å². The molecule has 2 atom stereocenters. The van der Waals surface area contributed by atoms with Gasteiger partial charge in [-0.25, -0.2) is 15.0 Å². The number of halogens is 3. The second-order valence-corrected chi connectivity index (χ2v) is 11.6. The largest absolute Gasteiger partial charge is 0.493 e. The molecule has 2 aliphatic heterocycles. The lowest BCUT2D eigenvalue weighted by Gasteiger charge is -2.45. The molecule has 46 heavy (non-hydrogen) atoms. The summed E-state index contributed by atoms with van der Waals surface area (Å²) in [5.41, 5.74) is 7.02. The fourth-order valence-electron chi connectivity index (χ4n) is 6.13. The summed E-state index contributed by atoms with van der Waals surface area (Å²) in [4.78, 5) is 43.4. The highest BCUT2D eigenvalue weighted by Gasteiger charge is 2.43. The minimum atomic E-state index is -4.58. The first-order valence-corrected chi connectivity index (χ1v) is 15.0. The third kappa shape index (κ3) is 5.60. The first kappa shape index (κ1) is 29.9. The molecule has 15 heteroatoms. The Hall–Kier alpha value is -4.76. The number of benzene rings is 1. The van der Waals surface area contributed by atoms with E-state index in [-0.39, 0.29) is 35.8 Å². The number of nitrogens with one attached hydrogen (secondary N) is 1. The van der Waals surface area contributed by atoms with E-state index in [0.29, 0.717) is 54.1 Å². The number of nitrogen functional groups attached to an aromatic ring is 1. The molecule has 1 saturated carbocycles. The Labute approximate surface area is 261 Å². The number of alkyl halides is 3. The van der Waals surface area contributed by atoms with E-state index in [2.05, 4.69) is 20.2 Å². The lowest BCUT2D eigenvalue weighted by Crippen LogP contribution is -2.61. The van der Waals surface area contributed by atoms with Gasteiger partial charge in [0.05, 0.1) is 37.9 Å². The lowest BCUT2D eigenvalue weighted by atomic mass is 10.1. The minimum Gasteiger partial charge on any atom is -0.493 e. The van der Waals surface area contributed by atoms with Gasteiger partial charge in [-0.05, 0) is 50.1 Å². The molecule has 0 unspecified atom stereocenters. The van der Waals surface area contributed by atoms with Crippen molar-refractivity contribution < 1.29 is 32.2 Å². The van der Waals surface area contributed by atoms with Crippen molar-refractivity contribution in [1.82, 2.24) is 29.2 Å². The van der Waals surface area contributed by atoms with E-state index in [0.717, 1.165) is 37.7 Å².